The Morgan fingerprint density at radius 1 is 1.32 bits per heavy atom. The van der Waals surface area contributed by atoms with Crippen LogP contribution in [0.4, 0.5) is 10.8 Å². The Morgan fingerprint density at radius 2 is 2.05 bits per heavy atom. The van der Waals surface area contributed by atoms with Gasteiger partial charge in [-0.2, -0.15) is 4.37 Å². The van der Waals surface area contributed by atoms with Crippen LogP contribution < -0.4 is 15.8 Å². The fourth-order valence-corrected chi connectivity index (χ4v) is 2.61. The predicted molar refractivity (Wildman–Crippen MR) is 84.1 cm³/mol. The number of nitrogens with zero attached hydrogens (tertiary/aromatic N) is 1. The summed E-state index contributed by atoms with van der Waals surface area (Å²) in [4.78, 5) is 0. The number of unbranched alkanes of at least 4 members (excludes halogenated alkanes) is 2. The zero-order chi connectivity index (χ0) is 14.3. The van der Waals surface area contributed by atoms with E-state index in [1.54, 1.807) is 0 Å². The minimum Gasteiger partial charge on any atom is -0.487 e. The fourth-order valence-electron chi connectivity index (χ4n) is 1.95. The van der Waals surface area contributed by atoms with E-state index in [2.05, 4.69) is 30.5 Å². The van der Waals surface area contributed by atoms with Crippen LogP contribution in [-0.2, 0) is 0 Å². The summed E-state index contributed by atoms with van der Waals surface area (Å²) >= 11 is 1.37. The first-order valence-corrected chi connectivity index (χ1v) is 7.89. The van der Waals surface area contributed by atoms with Crippen LogP contribution in [0.3, 0.4) is 0 Å². The van der Waals surface area contributed by atoms with Gasteiger partial charge in [0.15, 0.2) is 16.6 Å². The van der Waals surface area contributed by atoms with Crippen LogP contribution in [0, 0.1) is 5.41 Å². The zero-order valence-corrected chi connectivity index (χ0v) is 13.4. The minimum atomic E-state index is 0.275. The molecule has 0 bridgehead atoms. The summed E-state index contributed by atoms with van der Waals surface area (Å²) in [5, 5.41) is 4.38. The van der Waals surface area contributed by atoms with E-state index in [4.69, 9.17) is 10.5 Å². The molecule has 0 saturated heterocycles. The fraction of sp³-hybridized carbons (Fsp3) is 0.786. The maximum atomic E-state index is 5.80. The van der Waals surface area contributed by atoms with Gasteiger partial charge in [-0.1, -0.05) is 40.0 Å². The van der Waals surface area contributed by atoms with E-state index < -0.39 is 0 Å². The minimum absolute atomic E-state index is 0.275. The van der Waals surface area contributed by atoms with Crippen LogP contribution in [0.25, 0.3) is 0 Å². The van der Waals surface area contributed by atoms with Crippen LogP contribution in [0.1, 0.15) is 53.4 Å². The number of nitrogen functional groups attached to an aromatic ring is 1. The van der Waals surface area contributed by atoms with E-state index >= 15 is 0 Å². The summed E-state index contributed by atoms with van der Waals surface area (Å²) in [5.41, 5.74) is 6.07. The van der Waals surface area contributed by atoms with E-state index in [1.165, 1.54) is 37.2 Å². The maximum absolute atomic E-state index is 5.80. The molecular formula is C14H27N3OS. The summed E-state index contributed by atoms with van der Waals surface area (Å²) < 4.78 is 9.68. The Morgan fingerprint density at radius 3 is 2.68 bits per heavy atom. The lowest BCUT2D eigenvalue weighted by molar-refractivity contribution is 0.336. The average Bonchev–Trinajstić information content (AvgIpc) is 2.69. The van der Waals surface area contributed by atoms with Crippen molar-refractivity contribution in [2.45, 2.75) is 53.4 Å². The standard InChI is InChI=1S/C14H27N3OS/c1-5-7-8-9-14(3,4)10-16-13-11(18-6-2)12(15)17-19-13/h16H,5-10H2,1-4H3,(H2,15,17). The van der Waals surface area contributed by atoms with Crippen molar-refractivity contribution in [2.75, 3.05) is 24.2 Å². The molecule has 5 heteroatoms. The highest BCUT2D eigenvalue weighted by molar-refractivity contribution is 7.11. The van der Waals surface area contributed by atoms with E-state index in [9.17, 15) is 0 Å². The Balaban J connectivity index is 2.51. The van der Waals surface area contributed by atoms with Gasteiger partial charge in [-0.05, 0) is 30.3 Å². The zero-order valence-electron chi connectivity index (χ0n) is 12.6. The van der Waals surface area contributed by atoms with Gasteiger partial charge in [0.1, 0.15) is 0 Å². The molecule has 0 atom stereocenters. The van der Waals surface area contributed by atoms with E-state index in [1.807, 2.05) is 6.92 Å². The third-order valence-corrected chi connectivity index (χ3v) is 3.95. The molecule has 0 radical (unpaired) electrons. The number of hydrogen-bond donors (Lipinski definition) is 2. The highest BCUT2D eigenvalue weighted by Crippen LogP contribution is 2.36. The Hall–Kier alpha value is -0.970. The molecule has 0 aliphatic heterocycles. The second kappa shape index (κ2) is 7.58. The Bertz CT molecular complexity index is 377. The molecule has 0 fully saturated rings. The Kier molecular flexibility index (Phi) is 6.42. The molecule has 0 spiro atoms. The lowest BCUT2D eigenvalue weighted by Gasteiger charge is -2.25. The summed E-state index contributed by atoms with van der Waals surface area (Å²) in [7, 11) is 0. The van der Waals surface area contributed by atoms with Gasteiger partial charge in [0.25, 0.3) is 0 Å². The molecule has 0 amide bonds. The van der Waals surface area contributed by atoms with Crippen molar-refractivity contribution < 1.29 is 4.74 Å². The SMILES string of the molecule is CCCCCC(C)(C)CNc1snc(N)c1OCC. The van der Waals surface area contributed by atoms with Gasteiger partial charge in [0, 0.05) is 6.54 Å². The number of rotatable bonds is 9. The molecular weight excluding hydrogens is 258 g/mol. The predicted octanol–water partition coefficient (Wildman–Crippen LogP) is 4.14. The van der Waals surface area contributed by atoms with Crippen molar-refractivity contribution in [1.82, 2.24) is 4.37 Å². The number of hydrogen-bond acceptors (Lipinski definition) is 5. The molecule has 1 aromatic rings. The number of ether oxygens (including phenoxy) is 1. The highest BCUT2D eigenvalue weighted by atomic mass is 32.1. The van der Waals surface area contributed by atoms with Crippen LogP contribution in [0.15, 0.2) is 0 Å². The first-order valence-electron chi connectivity index (χ1n) is 7.12. The van der Waals surface area contributed by atoms with Crippen LogP contribution in [0.5, 0.6) is 5.75 Å². The van der Waals surface area contributed by atoms with Crippen LogP contribution >= 0.6 is 11.5 Å². The largest absolute Gasteiger partial charge is 0.487 e. The number of nitrogens with one attached hydrogen (secondary N) is 1. The summed E-state index contributed by atoms with van der Waals surface area (Å²) in [6.07, 6.45) is 5.09. The summed E-state index contributed by atoms with van der Waals surface area (Å²) in [6, 6.07) is 0. The van der Waals surface area contributed by atoms with Crippen molar-refractivity contribution in [3.8, 4) is 5.75 Å². The van der Waals surface area contributed by atoms with E-state index in [0.717, 1.165) is 11.5 Å². The first-order chi connectivity index (χ1) is 9.00. The second-order valence-electron chi connectivity index (χ2n) is 5.63. The lowest BCUT2D eigenvalue weighted by atomic mass is 9.87. The molecule has 1 rings (SSSR count). The molecule has 0 aliphatic rings. The monoisotopic (exact) mass is 285 g/mol. The van der Waals surface area contributed by atoms with Crippen LogP contribution in [0.2, 0.25) is 0 Å². The molecule has 0 aromatic carbocycles. The van der Waals surface area contributed by atoms with Crippen molar-refractivity contribution in [3.63, 3.8) is 0 Å². The van der Waals surface area contributed by atoms with Crippen molar-refractivity contribution >= 4 is 22.4 Å². The third-order valence-electron chi connectivity index (χ3n) is 3.15. The molecule has 1 heterocycles. The molecule has 110 valence electrons. The maximum Gasteiger partial charge on any atom is 0.197 e. The molecule has 4 nitrogen and oxygen atoms in total. The van der Waals surface area contributed by atoms with Gasteiger partial charge in [-0.25, -0.2) is 0 Å². The van der Waals surface area contributed by atoms with Crippen molar-refractivity contribution in [1.29, 1.82) is 0 Å². The van der Waals surface area contributed by atoms with Crippen molar-refractivity contribution in [2.24, 2.45) is 5.41 Å². The normalized spacial score (nSPS) is 11.6. The topological polar surface area (TPSA) is 60.2 Å². The van der Waals surface area contributed by atoms with Gasteiger partial charge in [-0.3, -0.25) is 0 Å². The van der Waals surface area contributed by atoms with Crippen molar-refractivity contribution in [3.05, 3.63) is 0 Å². The van der Waals surface area contributed by atoms with Gasteiger partial charge < -0.3 is 15.8 Å². The van der Waals surface area contributed by atoms with Gasteiger partial charge in [0.05, 0.1) is 6.61 Å². The van der Waals surface area contributed by atoms with Gasteiger partial charge in [-0.15, -0.1) is 0 Å². The molecule has 3 N–H and O–H groups in total. The van der Waals surface area contributed by atoms with Gasteiger partial charge in [0.2, 0.25) is 0 Å². The smallest absolute Gasteiger partial charge is 0.197 e. The third kappa shape index (κ3) is 5.27. The molecule has 0 saturated carbocycles. The van der Waals surface area contributed by atoms with Crippen LogP contribution in [-0.4, -0.2) is 17.5 Å². The Labute approximate surface area is 120 Å². The number of aromatic nitrogens is 1. The molecule has 1 aromatic heterocycles. The number of anilines is 2. The molecule has 0 unspecified atom stereocenters. The molecule has 0 aliphatic carbocycles. The highest BCUT2D eigenvalue weighted by Gasteiger charge is 2.19. The summed E-state index contributed by atoms with van der Waals surface area (Å²) in [5.74, 6) is 1.19. The van der Waals surface area contributed by atoms with Gasteiger partial charge >= 0.3 is 0 Å². The average molecular weight is 285 g/mol. The summed E-state index contributed by atoms with van der Waals surface area (Å²) in [6.45, 7) is 10.3. The number of nitrogens with two attached hydrogens (primary N) is 1. The lowest BCUT2D eigenvalue weighted by Crippen LogP contribution is -2.22. The second-order valence-corrected chi connectivity index (χ2v) is 6.41. The quantitative estimate of drug-likeness (QED) is 0.669. The van der Waals surface area contributed by atoms with E-state index in [-0.39, 0.29) is 5.41 Å². The first kappa shape index (κ1) is 16.1. The van der Waals surface area contributed by atoms with E-state index in [0.29, 0.717) is 18.2 Å². The molecule has 19 heavy (non-hydrogen) atoms.